The molecule has 0 saturated carbocycles. The molecule has 0 N–H and O–H groups in total. The zero-order valence-electron chi connectivity index (χ0n) is 16.5. The molecule has 1 aliphatic rings. The Morgan fingerprint density at radius 3 is 2.40 bits per heavy atom. The molecule has 5 aromatic rings. The topological polar surface area (TPSA) is 25.8 Å². The number of aromatic nitrogens is 2. The molecule has 0 atom stereocenters. The average molecular weight is 433 g/mol. The quantitative estimate of drug-likeness (QED) is 0.259. The second kappa shape index (κ2) is 8.22. The minimum Gasteiger partial charge on any atom is -0.264 e. The summed E-state index contributed by atoms with van der Waals surface area (Å²) in [6.45, 7) is 0. The number of benzene rings is 3. The van der Waals surface area contributed by atoms with Gasteiger partial charge < -0.3 is 0 Å². The molecule has 2 nitrogen and oxygen atoms in total. The fraction of sp³-hybridized carbons (Fsp3) is 0.154. The average Bonchev–Trinajstić information content (AvgIpc) is 2.78. The predicted octanol–water partition coefficient (Wildman–Crippen LogP) is 7.33. The van der Waals surface area contributed by atoms with Gasteiger partial charge in [0.05, 0.1) is 11.2 Å². The molecule has 0 aliphatic heterocycles. The first-order chi connectivity index (χ1) is 13.9. The summed E-state index contributed by atoms with van der Waals surface area (Å²) in [5.41, 5.74) is 6.26. The summed E-state index contributed by atoms with van der Waals surface area (Å²) in [6.07, 6.45) is 8.74. The fourth-order valence-corrected chi connectivity index (χ4v) is 4.69. The molecule has 0 radical (unpaired) electrons. The van der Waals surface area contributed by atoms with Gasteiger partial charge in [-0.25, -0.2) is 4.98 Å². The number of fused-ring (bicyclic) bond motifs is 6. The third-order valence-electron chi connectivity index (χ3n) is 6.13. The SMILES string of the molecule is Cl.Cl.c1cc2nc(-c3ccc4c(ccc5c6c(ccc54)CCCC6)c3)ccc2cn1. The zero-order valence-corrected chi connectivity index (χ0v) is 18.1. The minimum atomic E-state index is 0. The van der Waals surface area contributed by atoms with Crippen molar-refractivity contribution in [3.05, 3.63) is 84.2 Å². The highest BCUT2D eigenvalue weighted by atomic mass is 35.5. The van der Waals surface area contributed by atoms with Gasteiger partial charge in [-0.1, -0.05) is 36.4 Å². The Balaban J connectivity index is 0.00000109. The van der Waals surface area contributed by atoms with Gasteiger partial charge in [-0.3, -0.25) is 4.98 Å². The molecular formula is C26H22Cl2N2. The molecule has 1 aliphatic carbocycles. The van der Waals surface area contributed by atoms with E-state index in [9.17, 15) is 0 Å². The highest BCUT2D eigenvalue weighted by Crippen LogP contribution is 2.34. The van der Waals surface area contributed by atoms with E-state index in [-0.39, 0.29) is 24.8 Å². The number of rotatable bonds is 1. The van der Waals surface area contributed by atoms with Gasteiger partial charge in [-0.05, 0) is 82.6 Å². The Morgan fingerprint density at radius 2 is 1.47 bits per heavy atom. The largest absolute Gasteiger partial charge is 0.264 e. The van der Waals surface area contributed by atoms with Crippen molar-refractivity contribution >= 4 is 57.3 Å². The van der Waals surface area contributed by atoms with E-state index in [1.165, 1.54) is 47.2 Å². The molecule has 0 bridgehead atoms. The van der Waals surface area contributed by atoms with Crippen LogP contribution in [0.2, 0.25) is 0 Å². The van der Waals surface area contributed by atoms with Crippen molar-refractivity contribution in [1.82, 2.24) is 9.97 Å². The summed E-state index contributed by atoms with van der Waals surface area (Å²) in [5.74, 6) is 0. The van der Waals surface area contributed by atoms with Crippen molar-refractivity contribution < 1.29 is 0 Å². The molecule has 2 heterocycles. The van der Waals surface area contributed by atoms with Crippen LogP contribution in [-0.4, -0.2) is 9.97 Å². The van der Waals surface area contributed by atoms with Crippen molar-refractivity contribution in [2.45, 2.75) is 25.7 Å². The number of halogens is 2. The minimum absolute atomic E-state index is 0. The first kappa shape index (κ1) is 20.6. The smallest absolute Gasteiger partial charge is 0.0740 e. The molecule has 30 heavy (non-hydrogen) atoms. The van der Waals surface area contributed by atoms with E-state index in [4.69, 9.17) is 4.98 Å². The molecule has 3 aromatic carbocycles. The number of pyridine rings is 2. The maximum atomic E-state index is 4.83. The van der Waals surface area contributed by atoms with Crippen LogP contribution in [0.4, 0.5) is 0 Å². The van der Waals surface area contributed by atoms with E-state index < -0.39 is 0 Å². The van der Waals surface area contributed by atoms with Gasteiger partial charge in [0, 0.05) is 23.3 Å². The van der Waals surface area contributed by atoms with Gasteiger partial charge in [0.15, 0.2) is 0 Å². The predicted molar refractivity (Wildman–Crippen MR) is 131 cm³/mol. The number of aryl methyl sites for hydroxylation is 2. The Hall–Kier alpha value is -2.68. The molecule has 0 spiro atoms. The number of nitrogens with zero attached hydrogens (tertiary/aromatic N) is 2. The molecule has 4 heteroatoms. The Kier molecular flexibility index (Phi) is 5.64. The molecule has 150 valence electrons. The third-order valence-corrected chi connectivity index (χ3v) is 6.13. The summed E-state index contributed by atoms with van der Waals surface area (Å²) in [6, 6.07) is 22.2. The Labute approximate surface area is 188 Å². The van der Waals surface area contributed by atoms with Crippen LogP contribution in [0.25, 0.3) is 43.7 Å². The first-order valence-corrected chi connectivity index (χ1v) is 10.1. The van der Waals surface area contributed by atoms with E-state index in [0.29, 0.717) is 0 Å². The fourth-order valence-electron chi connectivity index (χ4n) is 4.69. The van der Waals surface area contributed by atoms with Crippen molar-refractivity contribution in [3.8, 4) is 11.3 Å². The monoisotopic (exact) mass is 432 g/mol. The lowest BCUT2D eigenvalue weighted by atomic mass is 9.86. The molecule has 0 unspecified atom stereocenters. The normalized spacial score (nSPS) is 12.9. The van der Waals surface area contributed by atoms with E-state index in [1.54, 1.807) is 17.3 Å². The van der Waals surface area contributed by atoms with Crippen molar-refractivity contribution in [2.24, 2.45) is 0 Å². The number of hydrogen-bond acceptors (Lipinski definition) is 2. The summed E-state index contributed by atoms with van der Waals surface area (Å²) in [7, 11) is 0. The van der Waals surface area contributed by atoms with Crippen LogP contribution in [0.3, 0.4) is 0 Å². The summed E-state index contributed by atoms with van der Waals surface area (Å²) < 4.78 is 0. The van der Waals surface area contributed by atoms with Gasteiger partial charge >= 0.3 is 0 Å². The summed E-state index contributed by atoms with van der Waals surface area (Å²) >= 11 is 0. The van der Waals surface area contributed by atoms with Crippen molar-refractivity contribution in [2.75, 3.05) is 0 Å². The van der Waals surface area contributed by atoms with Crippen LogP contribution in [0, 0.1) is 0 Å². The second-order valence-corrected chi connectivity index (χ2v) is 7.77. The Bertz CT molecular complexity index is 1380. The maximum absolute atomic E-state index is 4.83. The number of hydrogen-bond donors (Lipinski definition) is 0. The van der Waals surface area contributed by atoms with Gasteiger partial charge in [-0.15, -0.1) is 24.8 Å². The second-order valence-electron chi connectivity index (χ2n) is 7.77. The van der Waals surface area contributed by atoms with Crippen molar-refractivity contribution in [1.29, 1.82) is 0 Å². The van der Waals surface area contributed by atoms with E-state index in [0.717, 1.165) is 22.2 Å². The molecular weight excluding hydrogens is 411 g/mol. The van der Waals surface area contributed by atoms with Crippen LogP contribution in [0.1, 0.15) is 24.0 Å². The van der Waals surface area contributed by atoms with Gasteiger partial charge in [0.2, 0.25) is 0 Å². The molecule has 0 amide bonds. The molecule has 6 rings (SSSR count). The Morgan fingerprint density at radius 1 is 0.667 bits per heavy atom. The first-order valence-electron chi connectivity index (χ1n) is 10.1. The lowest BCUT2D eigenvalue weighted by molar-refractivity contribution is 0.690. The molecule has 2 aromatic heterocycles. The van der Waals surface area contributed by atoms with Crippen LogP contribution in [-0.2, 0) is 12.8 Å². The van der Waals surface area contributed by atoms with E-state index in [2.05, 4.69) is 59.6 Å². The van der Waals surface area contributed by atoms with Gasteiger partial charge in [0.25, 0.3) is 0 Å². The van der Waals surface area contributed by atoms with Gasteiger partial charge in [-0.2, -0.15) is 0 Å². The van der Waals surface area contributed by atoms with Crippen LogP contribution >= 0.6 is 24.8 Å². The van der Waals surface area contributed by atoms with E-state index in [1.807, 2.05) is 12.3 Å². The van der Waals surface area contributed by atoms with Gasteiger partial charge in [0.1, 0.15) is 0 Å². The third kappa shape index (κ3) is 3.30. The lowest BCUT2D eigenvalue weighted by Gasteiger charge is -2.19. The van der Waals surface area contributed by atoms with Crippen LogP contribution in [0.15, 0.2) is 73.1 Å². The maximum Gasteiger partial charge on any atom is 0.0740 e. The highest BCUT2D eigenvalue weighted by molar-refractivity contribution is 6.09. The molecule has 0 fully saturated rings. The standard InChI is InChI=1S/C26H20N2.2ClH/c1-2-4-21-17(3-1)5-10-24-22-9-7-19(15-18(22)6-11-23(21)24)25-12-8-20-16-27-14-13-26(20)28-25;;/h5-16H,1-4H2;2*1H. The zero-order chi connectivity index (χ0) is 18.5. The van der Waals surface area contributed by atoms with Crippen molar-refractivity contribution in [3.63, 3.8) is 0 Å². The molecule has 0 saturated heterocycles. The highest BCUT2D eigenvalue weighted by Gasteiger charge is 2.14. The van der Waals surface area contributed by atoms with E-state index >= 15 is 0 Å². The van der Waals surface area contributed by atoms with Crippen LogP contribution < -0.4 is 0 Å². The summed E-state index contributed by atoms with van der Waals surface area (Å²) in [5, 5.41) is 6.50. The van der Waals surface area contributed by atoms with Crippen LogP contribution in [0.5, 0.6) is 0 Å². The lowest BCUT2D eigenvalue weighted by Crippen LogP contribution is -2.03. The summed E-state index contributed by atoms with van der Waals surface area (Å²) in [4.78, 5) is 9.01.